The summed E-state index contributed by atoms with van der Waals surface area (Å²) >= 11 is 0. The van der Waals surface area contributed by atoms with Gasteiger partial charge in [-0.1, -0.05) is 42.5 Å². The molecule has 2 bridgehead atoms. The molecule has 29 heavy (non-hydrogen) atoms. The molecule has 5 heteroatoms. The van der Waals surface area contributed by atoms with E-state index in [1.165, 1.54) is 0 Å². The first-order valence-electron chi connectivity index (χ1n) is 9.69. The summed E-state index contributed by atoms with van der Waals surface area (Å²) in [4.78, 5) is 22.1. The number of fused-ring (bicyclic) bond motifs is 2. The molecule has 6 rings (SSSR count). The molecule has 2 aliphatic heterocycles. The van der Waals surface area contributed by atoms with Crippen LogP contribution in [-0.2, 0) is 26.3 Å². The van der Waals surface area contributed by atoms with Crippen molar-refractivity contribution in [2.45, 2.75) is 30.7 Å². The number of benzene rings is 1. The van der Waals surface area contributed by atoms with Crippen LogP contribution in [0, 0.1) is 0 Å². The van der Waals surface area contributed by atoms with Crippen molar-refractivity contribution in [1.82, 2.24) is 9.97 Å². The van der Waals surface area contributed by atoms with Gasteiger partial charge in [-0.3, -0.25) is 14.8 Å². The Bertz CT molecular complexity index is 1040. The van der Waals surface area contributed by atoms with Gasteiger partial charge >= 0.3 is 5.97 Å². The highest BCUT2D eigenvalue weighted by molar-refractivity contribution is 5.94. The third-order valence-electron chi connectivity index (χ3n) is 5.60. The zero-order valence-electron chi connectivity index (χ0n) is 15.8. The van der Waals surface area contributed by atoms with Crippen molar-refractivity contribution in [2.75, 3.05) is 0 Å². The number of aromatic nitrogens is 2. The molecule has 0 spiro atoms. The van der Waals surface area contributed by atoms with Gasteiger partial charge in [0, 0.05) is 24.4 Å². The SMILES string of the molecule is O=C1OC2CC(OCc3ccccc3)C1(c1ccccn1)C=C2c1ccccn1. The third kappa shape index (κ3) is 3.04. The number of carbonyl (C=O) groups excluding carboxylic acids is 1. The van der Waals surface area contributed by atoms with Crippen LogP contribution in [0.3, 0.4) is 0 Å². The molecule has 1 aromatic carbocycles. The Morgan fingerprint density at radius 1 is 0.966 bits per heavy atom. The highest BCUT2D eigenvalue weighted by Crippen LogP contribution is 2.48. The lowest BCUT2D eigenvalue weighted by atomic mass is 9.67. The number of hydrogen-bond acceptors (Lipinski definition) is 5. The number of ether oxygens (including phenoxy) is 2. The summed E-state index contributed by atoms with van der Waals surface area (Å²) in [6, 6.07) is 21.3. The van der Waals surface area contributed by atoms with Crippen molar-refractivity contribution < 1.29 is 14.3 Å². The Kier molecular flexibility index (Phi) is 4.45. The molecule has 0 amide bonds. The number of nitrogens with zero attached hydrogens (tertiary/aromatic N) is 2. The van der Waals surface area contributed by atoms with E-state index < -0.39 is 5.41 Å². The minimum atomic E-state index is -1.09. The molecule has 1 fully saturated rings. The lowest BCUT2D eigenvalue weighted by Gasteiger charge is -2.47. The molecule has 2 aromatic heterocycles. The molecule has 4 heterocycles. The van der Waals surface area contributed by atoms with Crippen LogP contribution in [0.25, 0.3) is 5.57 Å². The average Bonchev–Trinajstić information content (AvgIpc) is 2.79. The molecule has 3 aromatic rings. The normalized spacial score (nSPS) is 25.4. The summed E-state index contributed by atoms with van der Waals surface area (Å²) in [5.74, 6) is -0.315. The predicted octanol–water partition coefficient (Wildman–Crippen LogP) is 3.71. The minimum Gasteiger partial charge on any atom is -0.456 e. The van der Waals surface area contributed by atoms with E-state index in [0.29, 0.717) is 18.7 Å². The molecular weight excluding hydrogens is 364 g/mol. The van der Waals surface area contributed by atoms with Crippen molar-refractivity contribution in [1.29, 1.82) is 0 Å². The number of pyridine rings is 2. The van der Waals surface area contributed by atoms with E-state index in [2.05, 4.69) is 9.97 Å². The Morgan fingerprint density at radius 2 is 1.72 bits per heavy atom. The zero-order chi connectivity index (χ0) is 19.7. The highest BCUT2D eigenvalue weighted by atomic mass is 16.6. The second-order valence-corrected chi connectivity index (χ2v) is 7.31. The van der Waals surface area contributed by atoms with E-state index in [1.807, 2.05) is 72.8 Å². The molecule has 0 saturated carbocycles. The monoisotopic (exact) mass is 384 g/mol. The second-order valence-electron chi connectivity index (χ2n) is 7.31. The van der Waals surface area contributed by atoms with Gasteiger partial charge in [0.15, 0.2) is 5.41 Å². The summed E-state index contributed by atoms with van der Waals surface area (Å²) in [5, 5.41) is 0. The third-order valence-corrected chi connectivity index (χ3v) is 5.60. The molecule has 0 N–H and O–H groups in total. The number of esters is 1. The molecule has 3 atom stereocenters. The first-order valence-corrected chi connectivity index (χ1v) is 9.69. The average molecular weight is 384 g/mol. The van der Waals surface area contributed by atoms with Crippen molar-refractivity contribution in [3.63, 3.8) is 0 Å². The van der Waals surface area contributed by atoms with Crippen molar-refractivity contribution >= 4 is 11.5 Å². The van der Waals surface area contributed by atoms with Gasteiger partial charge in [0.2, 0.25) is 0 Å². The number of carbonyl (C=O) groups is 1. The van der Waals surface area contributed by atoms with Gasteiger partial charge in [0.1, 0.15) is 6.10 Å². The zero-order valence-corrected chi connectivity index (χ0v) is 15.8. The van der Waals surface area contributed by atoms with Crippen molar-refractivity contribution in [2.24, 2.45) is 0 Å². The lowest BCUT2D eigenvalue weighted by molar-refractivity contribution is -0.173. The van der Waals surface area contributed by atoms with Crippen LogP contribution >= 0.6 is 0 Å². The molecule has 1 saturated heterocycles. The summed E-state index contributed by atoms with van der Waals surface area (Å²) in [7, 11) is 0. The van der Waals surface area contributed by atoms with E-state index >= 15 is 0 Å². The van der Waals surface area contributed by atoms with Crippen molar-refractivity contribution in [3.8, 4) is 0 Å². The summed E-state index contributed by atoms with van der Waals surface area (Å²) < 4.78 is 12.1. The Morgan fingerprint density at radius 3 is 2.45 bits per heavy atom. The molecule has 1 aliphatic carbocycles. The van der Waals surface area contributed by atoms with Crippen LogP contribution in [0.4, 0.5) is 0 Å². The summed E-state index contributed by atoms with van der Waals surface area (Å²) in [5.41, 5.74) is 2.33. The molecule has 5 nitrogen and oxygen atoms in total. The Labute approximate surface area is 169 Å². The van der Waals surface area contributed by atoms with Crippen LogP contribution in [0.2, 0.25) is 0 Å². The smallest absolute Gasteiger partial charge is 0.325 e. The van der Waals surface area contributed by atoms with Gasteiger partial charge in [0.25, 0.3) is 0 Å². The largest absolute Gasteiger partial charge is 0.456 e. The van der Waals surface area contributed by atoms with Gasteiger partial charge in [-0.25, -0.2) is 0 Å². The second kappa shape index (κ2) is 7.26. The van der Waals surface area contributed by atoms with E-state index in [9.17, 15) is 4.79 Å². The van der Waals surface area contributed by atoms with Crippen LogP contribution in [0.1, 0.15) is 23.4 Å². The standard InChI is InChI=1S/C24H20N2O3/c27-23-24(21-11-5-7-13-26-21)15-18(19-10-4-6-12-25-19)20(29-23)14-22(24)28-16-17-8-2-1-3-9-17/h1-13,15,20,22H,14,16H2. The quantitative estimate of drug-likeness (QED) is 0.628. The molecule has 3 aliphatic rings. The van der Waals surface area contributed by atoms with E-state index in [0.717, 1.165) is 16.8 Å². The first-order chi connectivity index (χ1) is 14.3. The summed E-state index contributed by atoms with van der Waals surface area (Å²) in [6.07, 6.45) is 5.24. The van der Waals surface area contributed by atoms with E-state index in [1.54, 1.807) is 12.4 Å². The van der Waals surface area contributed by atoms with Gasteiger partial charge < -0.3 is 9.47 Å². The Balaban J connectivity index is 1.58. The van der Waals surface area contributed by atoms with Crippen LogP contribution < -0.4 is 0 Å². The van der Waals surface area contributed by atoms with Gasteiger partial charge in [0.05, 0.1) is 24.1 Å². The van der Waals surface area contributed by atoms with Crippen LogP contribution in [-0.4, -0.2) is 28.1 Å². The fraction of sp³-hybridized carbons (Fsp3) is 0.208. The molecule has 144 valence electrons. The molecule has 0 radical (unpaired) electrons. The summed E-state index contributed by atoms with van der Waals surface area (Å²) in [6.45, 7) is 0.423. The lowest BCUT2D eigenvalue weighted by Crippen LogP contribution is -2.58. The molecule has 3 unspecified atom stereocenters. The fourth-order valence-corrected chi connectivity index (χ4v) is 4.16. The first kappa shape index (κ1) is 17.8. The van der Waals surface area contributed by atoms with Crippen LogP contribution in [0.5, 0.6) is 0 Å². The van der Waals surface area contributed by atoms with Crippen LogP contribution in [0.15, 0.2) is 85.2 Å². The van der Waals surface area contributed by atoms with E-state index in [4.69, 9.17) is 9.47 Å². The van der Waals surface area contributed by atoms with Gasteiger partial charge in [-0.15, -0.1) is 0 Å². The minimum absolute atomic E-state index is 0.315. The highest BCUT2D eigenvalue weighted by Gasteiger charge is 2.58. The maximum atomic E-state index is 13.2. The van der Waals surface area contributed by atoms with E-state index in [-0.39, 0.29) is 18.2 Å². The number of rotatable bonds is 5. The Hall–Kier alpha value is -3.31. The maximum absolute atomic E-state index is 13.2. The van der Waals surface area contributed by atoms with Gasteiger partial charge in [-0.2, -0.15) is 0 Å². The fourth-order valence-electron chi connectivity index (χ4n) is 4.16. The maximum Gasteiger partial charge on any atom is 0.325 e. The van der Waals surface area contributed by atoms with Crippen molar-refractivity contribution in [3.05, 3.63) is 102 Å². The van der Waals surface area contributed by atoms with Gasteiger partial charge in [-0.05, 0) is 35.9 Å². The predicted molar refractivity (Wildman–Crippen MR) is 108 cm³/mol. The number of hydrogen-bond donors (Lipinski definition) is 0. The molecular formula is C24H20N2O3. The topological polar surface area (TPSA) is 61.3 Å².